The Kier molecular flexibility index (Phi) is 2.83. The molecule has 6 heteroatoms. The number of para-hydroxylation sites is 1. The van der Waals surface area contributed by atoms with Gasteiger partial charge in [0.25, 0.3) is 5.56 Å². The molecule has 5 nitrogen and oxygen atoms in total. The summed E-state index contributed by atoms with van der Waals surface area (Å²) in [5, 5.41) is 5.01. The van der Waals surface area contributed by atoms with Gasteiger partial charge in [-0.1, -0.05) is 18.2 Å². The van der Waals surface area contributed by atoms with E-state index in [2.05, 4.69) is 0 Å². The minimum Gasteiger partial charge on any atom is -0.283 e. The van der Waals surface area contributed by atoms with Gasteiger partial charge in [-0.2, -0.15) is 0 Å². The lowest BCUT2D eigenvalue weighted by molar-refractivity contribution is 0.597. The van der Waals surface area contributed by atoms with Crippen LogP contribution < -0.4 is 10.7 Å². The predicted octanol–water partition coefficient (Wildman–Crippen LogP) is 0.485. The first-order valence-corrected chi connectivity index (χ1v) is 6.34. The average molecular weight is 250 g/mol. The Morgan fingerprint density at radius 3 is 2.24 bits per heavy atom. The van der Waals surface area contributed by atoms with E-state index in [-0.39, 0.29) is 10.5 Å². The van der Waals surface area contributed by atoms with E-state index in [9.17, 15) is 13.2 Å². The molecule has 0 radical (unpaired) electrons. The first-order valence-electron chi connectivity index (χ1n) is 4.79. The Morgan fingerprint density at radius 1 is 1.00 bits per heavy atom. The smallest absolute Gasteiger partial charge is 0.255 e. The van der Waals surface area contributed by atoms with E-state index in [4.69, 9.17) is 5.14 Å². The summed E-state index contributed by atoms with van der Waals surface area (Å²) < 4.78 is 23.6. The summed E-state index contributed by atoms with van der Waals surface area (Å²) in [6.45, 7) is 0. The van der Waals surface area contributed by atoms with Gasteiger partial charge in [0, 0.05) is 18.0 Å². The highest BCUT2D eigenvalue weighted by Crippen LogP contribution is 2.08. The molecule has 1 aromatic heterocycles. The highest BCUT2D eigenvalue weighted by molar-refractivity contribution is 7.89. The second-order valence-electron chi connectivity index (χ2n) is 3.45. The molecule has 0 aliphatic carbocycles. The van der Waals surface area contributed by atoms with Crippen LogP contribution >= 0.6 is 0 Å². The SMILES string of the molecule is NS(=O)(=O)c1ccc(=O)n(-c2ccccc2)c1. The lowest BCUT2D eigenvalue weighted by atomic mass is 10.3. The topological polar surface area (TPSA) is 82.2 Å². The van der Waals surface area contributed by atoms with Crippen molar-refractivity contribution in [3.8, 4) is 5.69 Å². The first kappa shape index (κ1) is 11.6. The summed E-state index contributed by atoms with van der Waals surface area (Å²) in [7, 11) is -3.81. The molecular formula is C11H10N2O3S. The van der Waals surface area contributed by atoms with Gasteiger partial charge in [0.2, 0.25) is 10.0 Å². The van der Waals surface area contributed by atoms with Crippen molar-refractivity contribution in [3.63, 3.8) is 0 Å². The molecule has 2 rings (SSSR count). The van der Waals surface area contributed by atoms with Gasteiger partial charge in [-0.15, -0.1) is 0 Å². The van der Waals surface area contributed by atoms with Crippen LogP contribution in [-0.2, 0) is 10.0 Å². The molecule has 0 saturated heterocycles. The lowest BCUT2D eigenvalue weighted by Gasteiger charge is -2.06. The van der Waals surface area contributed by atoms with Gasteiger partial charge < -0.3 is 0 Å². The number of nitrogens with zero attached hydrogens (tertiary/aromatic N) is 1. The maximum atomic E-state index is 11.6. The van der Waals surface area contributed by atoms with Crippen molar-refractivity contribution in [2.45, 2.75) is 4.90 Å². The Bertz CT molecular complexity index is 690. The average Bonchev–Trinajstić information content (AvgIpc) is 2.29. The molecule has 0 bridgehead atoms. The number of pyridine rings is 1. The van der Waals surface area contributed by atoms with Gasteiger partial charge in [0.05, 0.1) is 4.90 Å². The van der Waals surface area contributed by atoms with Crippen molar-refractivity contribution in [1.82, 2.24) is 4.57 Å². The van der Waals surface area contributed by atoms with Crippen molar-refractivity contribution in [2.24, 2.45) is 5.14 Å². The summed E-state index contributed by atoms with van der Waals surface area (Å²) in [4.78, 5) is 11.5. The molecule has 2 aromatic rings. The summed E-state index contributed by atoms with van der Waals surface area (Å²) in [5.41, 5.74) is 0.270. The molecule has 0 saturated carbocycles. The van der Waals surface area contributed by atoms with E-state index in [1.807, 2.05) is 0 Å². The van der Waals surface area contributed by atoms with Crippen LogP contribution in [0, 0.1) is 0 Å². The fourth-order valence-corrected chi connectivity index (χ4v) is 1.94. The minimum atomic E-state index is -3.81. The second-order valence-corrected chi connectivity index (χ2v) is 5.02. The zero-order valence-electron chi connectivity index (χ0n) is 8.78. The van der Waals surface area contributed by atoms with E-state index in [0.717, 1.165) is 0 Å². The Hall–Kier alpha value is -1.92. The number of aromatic nitrogens is 1. The first-order chi connectivity index (χ1) is 7.98. The Balaban J connectivity index is 2.67. The number of rotatable bonds is 2. The van der Waals surface area contributed by atoms with Crippen LogP contribution in [0.3, 0.4) is 0 Å². The van der Waals surface area contributed by atoms with Crippen molar-refractivity contribution < 1.29 is 8.42 Å². The summed E-state index contributed by atoms with van der Waals surface area (Å²) >= 11 is 0. The third-order valence-corrected chi connectivity index (χ3v) is 3.15. The molecule has 0 fully saturated rings. The number of sulfonamides is 1. The number of hydrogen-bond donors (Lipinski definition) is 1. The summed E-state index contributed by atoms with van der Waals surface area (Å²) in [6, 6.07) is 11.1. The molecule has 0 unspecified atom stereocenters. The lowest BCUT2D eigenvalue weighted by Crippen LogP contribution is -2.20. The number of benzene rings is 1. The van der Waals surface area contributed by atoms with Gasteiger partial charge in [-0.3, -0.25) is 9.36 Å². The molecule has 88 valence electrons. The number of nitrogens with two attached hydrogens (primary N) is 1. The maximum Gasteiger partial charge on any atom is 0.255 e. The van der Waals surface area contributed by atoms with Crippen LogP contribution in [0.15, 0.2) is 58.4 Å². The van der Waals surface area contributed by atoms with Gasteiger partial charge in [0.15, 0.2) is 0 Å². The van der Waals surface area contributed by atoms with Crippen LogP contribution in [0.4, 0.5) is 0 Å². The minimum absolute atomic E-state index is 0.0963. The molecule has 0 spiro atoms. The number of hydrogen-bond acceptors (Lipinski definition) is 3. The van der Waals surface area contributed by atoms with Crippen LogP contribution in [0.25, 0.3) is 5.69 Å². The van der Waals surface area contributed by atoms with Crippen molar-refractivity contribution in [1.29, 1.82) is 0 Å². The zero-order chi connectivity index (χ0) is 12.5. The van der Waals surface area contributed by atoms with Crippen LogP contribution in [-0.4, -0.2) is 13.0 Å². The molecule has 17 heavy (non-hydrogen) atoms. The van der Waals surface area contributed by atoms with E-state index < -0.39 is 10.0 Å². The summed E-state index contributed by atoms with van der Waals surface area (Å²) in [5.74, 6) is 0. The summed E-state index contributed by atoms with van der Waals surface area (Å²) in [6.07, 6.45) is 1.22. The Morgan fingerprint density at radius 2 is 1.65 bits per heavy atom. The molecule has 0 atom stereocenters. The van der Waals surface area contributed by atoms with E-state index >= 15 is 0 Å². The van der Waals surface area contributed by atoms with Crippen LogP contribution in [0.1, 0.15) is 0 Å². The highest BCUT2D eigenvalue weighted by atomic mass is 32.2. The predicted molar refractivity (Wildman–Crippen MR) is 63.4 cm³/mol. The zero-order valence-corrected chi connectivity index (χ0v) is 9.59. The van der Waals surface area contributed by atoms with Crippen LogP contribution in [0.2, 0.25) is 0 Å². The molecule has 2 N–H and O–H groups in total. The third kappa shape index (κ3) is 2.43. The van der Waals surface area contributed by atoms with Crippen molar-refractivity contribution in [2.75, 3.05) is 0 Å². The normalized spacial score (nSPS) is 11.4. The fourth-order valence-electron chi connectivity index (χ4n) is 1.43. The van der Waals surface area contributed by atoms with Crippen molar-refractivity contribution in [3.05, 3.63) is 59.0 Å². The van der Waals surface area contributed by atoms with E-state index in [0.29, 0.717) is 5.69 Å². The largest absolute Gasteiger partial charge is 0.283 e. The number of primary sulfonamides is 1. The maximum absolute atomic E-state index is 11.6. The van der Waals surface area contributed by atoms with Gasteiger partial charge in [-0.25, -0.2) is 13.6 Å². The van der Waals surface area contributed by atoms with Crippen LogP contribution in [0.5, 0.6) is 0 Å². The second kappa shape index (κ2) is 4.15. The molecule has 1 heterocycles. The van der Waals surface area contributed by atoms with Gasteiger partial charge in [-0.05, 0) is 18.2 Å². The molecular weight excluding hydrogens is 240 g/mol. The molecule has 1 aromatic carbocycles. The molecule has 0 amide bonds. The third-order valence-electron chi connectivity index (χ3n) is 2.25. The highest BCUT2D eigenvalue weighted by Gasteiger charge is 2.09. The standard InChI is InChI=1S/C11H10N2O3S/c12-17(15,16)10-6-7-11(14)13(8-10)9-4-2-1-3-5-9/h1-8H,(H2,12,15,16). The van der Waals surface area contributed by atoms with Gasteiger partial charge in [0.1, 0.15) is 0 Å². The van der Waals surface area contributed by atoms with Crippen molar-refractivity contribution >= 4 is 10.0 Å². The van der Waals surface area contributed by atoms with E-state index in [1.54, 1.807) is 30.3 Å². The fraction of sp³-hybridized carbons (Fsp3) is 0. The Labute approximate surface area is 98.2 Å². The molecule has 0 aliphatic heterocycles. The molecule has 0 aliphatic rings. The van der Waals surface area contributed by atoms with E-state index in [1.165, 1.54) is 22.9 Å². The monoisotopic (exact) mass is 250 g/mol. The van der Waals surface area contributed by atoms with Gasteiger partial charge >= 0.3 is 0 Å². The quantitative estimate of drug-likeness (QED) is 0.841.